The Bertz CT molecular complexity index is 2220. The summed E-state index contributed by atoms with van der Waals surface area (Å²) in [6.07, 6.45) is 2.98. The van der Waals surface area contributed by atoms with E-state index in [2.05, 4.69) is 20.3 Å². The second-order valence-electron chi connectivity index (χ2n) is 12.4. The average Bonchev–Trinajstić information content (AvgIpc) is 3.81. The highest BCUT2D eigenvalue weighted by Crippen LogP contribution is 2.41. The van der Waals surface area contributed by atoms with Crippen molar-refractivity contribution in [1.29, 1.82) is 0 Å². The van der Waals surface area contributed by atoms with Crippen LogP contribution in [0.1, 0.15) is 47.2 Å². The monoisotopic (exact) mass is 672 g/mol. The van der Waals surface area contributed by atoms with Gasteiger partial charge in [0.15, 0.2) is 11.6 Å². The first-order valence-corrected chi connectivity index (χ1v) is 15.2. The fraction of sp³-hybridized carbons (Fsp3) is 0.229. The molecule has 0 bridgehead atoms. The van der Waals surface area contributed by atoms with E-state index in [1.807, 2.05) is 13.8 Å². The lowest BCUT2D eigenvalue weighted by Gasteiger charge is -2.28. The third kappa shape index (κ3) is 6.10. The number of pyridine rings is 1. The van der Waals surface area contributed by atoms with Gasteiger partial charge in [0.2, 0.25) is 0 Å². The van der Waals surface area contributed by atoms with E-state index in [0.29, 0.717) is 23.7 Å². The number of hydrogen-bond donors (Lipinski definition) is 1. The summed E-state index contributed by atoms with van der Waals surface area (Å²) in [4.78, 5) is 20.4. The zero-order valence-electron chi connectivity index (χ0n) is 26.2. The number of halogens is 4. The van der Waals surface area contributed by atoms with Crippen molar-refractivity contribution in [2.45, 2.75) is 32.9 Å². The first-order valence-electron chi connectivity index (χ1n) is 15.2. The molecular formula is C35H28F4N6O4. The molecule has 4 heterocycles. The Kier molecular flexibility index (Phi) is 8.11. The number of aromatic carboxylic acids is 1. The molecule has 6 aromatic rings. The second-order valence-corrected chi connectivity index (χ2v) is 12.4. The Morgan fingerprint density at radius 1 is 0.959 bits per heavy atom. The molecule has 250 valence electrons. The number of benzene rings is 3. The molecule has 1 aliphatic heterocycles. The standard InChI is InChI=1S/C35H28F4N6O4/c1-35(2)18-48-17-30(35)45-29-13-22(34(46)47)12-27(39)32(29)42-31(45)14-19-3-4-20(11-25(19)37)28-8-7-24(36)33(41-28)49-16-21-5-6-23(15-26(21)38)44-10-9-40-43-44/h3-13,15,30H,14,16-18H2,1-2H3,(H,46,47). The number of carboxylic acid groups (broad SMARTS) is 1. The number of hydrogen-bond acceptors (Lipinski definition) is 7. The highest BCUT2D eigenvalue weighted by molar-refractivity contribution is 5.93. The largest absolute Gasteiger partial charge is 0.478 e. The summed E-state index contributed by atoms with van der Waals surface area (Å²) in [5.74, 6) is -4.13. The van der Waals surface area contributed by atoms with E-state index in [1.54, 1.807) is 22.9 Å². The fourth-order valence-electron chi connectivity index (χ4n) is 5.97. The Morgan fingerprint density at radius 3 is 2.45 bits per heavy atom. The maximum atomic E-state index is 15.7. The lowest BCUT2D eigenvalue weighted by Crippen LogP contribution is -2.27. The molecule has 0 aliphatic carbocycles. The first kappa shape index (κ1) is 31.9. The molecule has 7 rings (SSSR count). The summed E-state index contributed by atoms with van der Waals surface area (Å²) in [7, 11) is 0. The summed E-state index contributed by atoms with van der Waals surface area (Å²) < 4.78 is 74.7. The molecule has 0 amide bonds. The third-order valence-electron chi connectivity index (χ3n) is 8.63. The van der Waals surface area contributed by atoms with Gasteiger partial charge >= 0.3 is 5.97 Å². The predicted molar refractivity (Wildman–Crippen MR) is 168 cm³/mol. The number of rotatable bonds is 9. The number of fused-ring (bicyclic) bond motifs is 1. The molecule has 0 radical (unpaired) electrons. The lowest BCUT2D eigenvalue weighted by atomic mass is 9.87. The number of carbonyl (C=O) groups is 1. The van der Waals surface area contributed by atoms with Crippen molar-refractivity contribution < 1.29 is 36.9 Å². The average molecular weight is 673 g/mol. The number of imidazole rings is 1. The summed E-state index contributed by atoms with van der Waals surface area (Å²) in [6.45, 7) is 4.35. The molecule has 0 saturated carbocycles. The molecule has 1 atom stereocenters. The second kappa shape index (κ2) is 12.4. The van der Waals surface area contributed by atoms with E-state index >= 15 is 8.78 Å². The summed E-state index contributed by atoms with van der Waals surface area (Å²) in [5, 5.41) is 17.1. The van der Waals surface area contributed by atoms with Gasteiger partial charge in [-0.25, -0.2) is 37.0 Å². The van der Waals surface area contributed by atoms with Crippen LogP contribution in [0.25, 0.3) is 28.0 Å². The Hall–Kier alpha value is -5.63. The molecule has 14 heteroatoms. The van der Waals surface area contributed by atoms with Crippen LogP contribution in [-0.2, 0) is 17.8 Å². The van der Waals surface area contributed by atoms with Gasteiger partial charge in [-0.05, 0) is 42.0 Å². The molecule has 3 aromatic carbocycles. The van der Waals surface area contributed by atoms with E-state index in [0.717, 1.165) is 12.1 Å². The highest BCUT2D eigenvalue weighted by Gasteiger charge is 2.39. The Balaban J connectivity index is 1.15. The number of aromatic nitrogens is 6. The summed E-state index contributed by atoms with van der Waals surface area (Å²) in [6, 6.07) is 13.2. The van der Waals surface area contributed by atoms with Crippen LogP contribution in [0.4, 0.5) is 17.6 Å². The van der Waals surface area contributed by atoms with Crippen LogP contribution in [0, 0.1) is 28.7 Å². The van der Waals surface area contributed by atoms with Crippen LogP contribution >= 0.6 is 0 Å². The highest BCUT2D eigenvalue weighted by atomic mass is 19.1. The van der Waals surface area contributed by atoms with Crippen LogP contribution in [0.2, 0.25) is 0 Å². The minimum Gasteiger partial charge on any atom is -0.478 e. The Morgan fingerprint density at radius 2 is 1.76 bits per heavy atom. The van der Waals surface area contributed by atoms with Crippen LogP contribution in [0.5, 0.6) is 5.88 Å². The van der Waals surface area contributed by atoms with Crippen molar-refractivity contribution in [2.75, 3.05) is 13.2 Å². The van der Waals surface area contributed by atoms with Crippen LogP contribution < -0.4 is 4.74 Å². The fourth-order valence-corrected chi connectivity index (χ4v) is 5.97. The molecule has 1 fully saturated rings. The minimum atomic E-state index is -1.29. The van der Waals surface area contributed by atoms with Crippen LogP contribution in [0.3, 0.4) is 0 Å². The van der Waals surface area contributed by atoms with Crippen LogP contribution in [0.15, 0.2) is 73.1 Å². The molecule has 0 spiro atoms. The van der Waals surface area contributed by atoms with Crippen molar-refractivity contribution in [3.63, 3.8) is 0 Å². The van der Waals surface area contributed by atoms with Crippen molar-refractivity contribution in [3.8, 4) is 22.8 Å². The maximum Gasteiger partial charge on any atom is 0.335 e. The van der Waals surface area contributed by atoms with Gasteiger partial charge in [0, 0.05) is 29.0 Å². The van der Waals surface area contributed by atoms with Crippen molar-refractivity contribution >= 4 is 17.0 Å². The van der Waals surface area contributed by atoms with E-state index in [4.69, 9.17) is 9.47 Å². The quantitative estimate of drug-likeness (QED) is 0.169. The zero-order valence-corrected chi connectivity index (χ0v) is 26.2. The number of nitrogens with zero attached hydrogens (tertiary/aromatic N) is 6. The summed E-state index contributed by atoms with van der Waals surface area (Å²) >= 11 is 0. The number of carboxylic acids is 1. The Labute approximate surface area is 276 Å². The lowest BCUT2D eigenvalue weighted by molar-refractivity contribution is 0.0696. The SMILES string of the molecule is CC1(C)COCC1n1c(Cc2ccc(-c3ccc(F)c(OCc4ccc(-n5ccnn5)cc4F)n3)cc2F)nc2c(F)cc(C(=O)O)cc21. The molecule has 1 unspecified atom stereocenters. The zero-order chi connectivity index (χ0) is 34.4. The smallest absolute Gasteiger partial charge is 0.335 e. The van der Waals surface area contributed by atoms with Crippen molar-refractivity contribution in [1.82, 2.24) is 29.5 Å². The van der Waals surface area contributed by atoms with Gasteiger partial charge in [-0.3, -0.25) is 0 Å². The van der Waals surface area contributed by atoms with Gasteiger partial charge in [-0.15, -0.1) is 5.10 Å². The molecule has 10 nitrogen and oxygen atoms in total. The minimum absolute atomic E-state index is 0.0196. The van der Waals surface area contributed by atoms with Gasteiger partial charge in [-0.2, -0.15) is 0 Å². The van der Waals surface area contributed by atoms with Crippen LogP contribution in [-0.4, -0.2) is 53.8 Å². The molecule has 1 N–H and O–H groups in total. The van der Waals surface area contributed by atoms with Crippen molar-refractivity contribution in [2.24, 2.45) is 5.41 Å². The molecular weight excluding hydrogens is 644 g/mol. The normalized spacial score (nSPS) is 15.6. The van der Waals surface area contributed by atoms with E-state index in [1.165, 1.54) is 47.3 Å². The first-order chi connectivity index (χ1) is 23.5. The maximum absolute atomic E-state index is 15.7. The molecule has 3 aromatic heterocycles. The van der Waals surface area contributed by atoms with Gasteiger partial charge in [0.05, 0.1) is 54.1 Å². The van der Waals surface area contributed by atoms with Gasteiger partial charge < -0.3 is 19.1 Å². The van der Waals surface area contributed by atoms with Gasteiger partial charge in [0.25, 0.3) is 5.88 Å². The molecule has 1 aliphatic rings. The number of ether oxygens (including phenoxy) is 2. The van der Waals surface area contributed by atoms with Crippen molar-refractivity contribution in [3.05, 3.63) is 119 Å². The van der Waals surface area contributed by atoms with Gasteiger partial charge in [0.1, 0.15) is 29.6 Å². The third-order valence-corrected chi connectivity index (χ3v) is 8.63. The van der Waals surface area contributed by atoms with E-state index in [9.17, 15) is 18.7 Å². The van der Waals surface area contributed by atoms with E-state index in [-0.39, 0.29) is 65.0 Å². The van der Waals surface area contributed by atoms with E-state index < -0.39 is 34.7 Å². The molecule has 49 heavy (non-hydrogen) atoms. The molecule has 1 saturated heterocycles. The summed E-state index contributed by atoms with van der Waals surface area (Å²) in [5.41, 5.74) is 1.00. The van der Waals surface area contributed by atoms with Gasteiger partial charge in [-0.1, -0.05) is 37.3 Å². The predicted octanol–water partition coefficient (Wildman–Crippen LogP) is 6.70. The topological polar surface area (TPSA) is 117 Å².